The number of aromatic nitrogens is 2. The largest absolute Gasteiger partial charge is 0.319 e. The van der Waals surface area contributed by atoms with Gasteiger partial charge in [-0.25, -0.2) is 4.39 Å². The zero-order chi connectivity index (χ0) is 12.6. The SMILES string of the molecule is Cc1cccc(C(N)c2c(Br)cnn2C)c1F. The molecule has 0 bridgehead atoms. The van der Waals surface area contributed by atoms with Crippen LogP contribution in [-0.2, 0) is 7.05 Å². The fraction of sp³-hybridized carbons (Fsp3) is 0.250. The minimum Gasteiger partial charge on any atom is -0.319 e. The highest BCUT2D eigenvalue weighted by Gasteiger charge is 2.20. The Kier molecular flexibility index (Phi) is 3.31. The summed E-state index contributed by atoms with van der Waals surface area (Å²) in [5, 5.41) is 4.08. The van der Waals surface area contributed by atoms with Crippen molar-refractivity contribution in [2.45, 2.75) is 13.0 Å². The number of hydrogen-bond acceptors (Lipinski definition) is 2. The van der Waals surface area contributed by atoms with Crippen molar-refractivity contribution >= 4 is 15.9 Å². The lowest BCUT2D eigenvalue weighted by Gasteiger charge is -2.15. The lowest BCUT2D eigenvalue weighted by Crippen LogP contribution is -2.18. The normalized spacial score (nSPS) is 12.8. The van der Waals surface area contributed by atoms with Crippen LogP contribution < -0.4 is 5.73 Å². The van der Waals surface area contributed by atoms with Gasteiger partial charge in [0.2, 0.25) is 0 Å². The molecule has 90 valence electrons. The van der Waals surface area contributed by atoms with Crippen LogP contribution in [0.1, 0.15) is 22.9 Å². The molecule has 0 aliphatic carbocycles. The van der Waals surface area contributed by atoms with E-state index in [1.165, 1.54) is 0 Å². The Balaban J connectivity index is 2.51. The van der Waals surface area contributed by atoms with Crippen LogP contribution in [0.15, 0.2) is 28.9 Å². The van der Waals surface area contributed by atoms with Crippen LogP contribution >= 0.6 is 15.9 Å². The number of hydrogen-bond donors (Lipinski definition) is 1. The number of aryl methyl sites for hydroxylation is 2. The smallest absolute Gasteiger partial charge is 0.131 e. The van der Waals surface area contributed by atoms with E-state index in [9.17, 15) is 4.39 Å². The van der Waals surface area contributed by atoms with Crippen LogP contribution in [0.3, 0.4) is 0 Å². The molecule has 2 N–H and O–H groups in total. The lowest BCUT2D eigenvalue weighted by molar-refractivity contribution is 0.578. The molecular formula is C12H13BrFN3. The highest BCUT2D eigenvalue weighted by atomic mass is 79.9. The molecule has 0 saturated heterocycles. The van der Waals surface area contributed by atoms with E-state index in [2.05, 4.69) is 21.0 Å². The summed E-state index contributed by atoms with van der Waals surface area (Å²) in [6, 6.07) is 4.70. The maximum Gasteiger partial charge on any atom is 0.131 e. The second-order valence-corrected chi connectivity index (χ2v) is 4.81. The number of benzene rings is 1. The first kappa shape index (κ1) is 12.3. The van der Waals surface area contributed by atoms with Crippen molar-refractivity contribution in [1.82, 2.24) is 9.78 Å². The van der Waals surface area contributed by atoms with Gasteiger partial charge in [0.05, 0.1) is 22.4 Å². The zero-order valence-corrected chi connectivity index (χ0v) is 11.2. The summed E-state index contributed by atoms with van der Waals surface area (Å²) in [5.74, 6) is -0.256. The summed E-state index contributed by atoms with van der Waals surface area (Å²) >= 11 is 3.37. The molecule has 0 aliphatic heterocycles. The minimum absolute atomic E-state index is 0.256. The van der Waals surface area contributed by atoms with E-state index < -0.39 is 6.04 Å². The van der Waals surface area contributed by atoms with Crippen molar-refractivity contribution in [3.8, 4) is 0 Å². The van der Waals surface area contributed by atoms with Crippen molar-refractivity contribution in [1.29, 1.82) is 0 Å². The summed E-state index contributed by atoms with van der Waals surface area (Å²) < 4.78 is 16.4. The van der Waals surface area contributed by atoms with Gasteiger partial charge < -0.3 is 5.73 Å². The van der Waals surface area contributed by atoms with Crippen LogP contribution in [0.25, 0.3) is 0 Å². The maximum absolute atomic E-state index is 14.0. The molecule has 0 fully saturated rings. The monoisotopic (exact) mass is 297 g/mol. The zero-order valence-electron chi connectivity index (χ0n) is 9.61. The van der Waals surface area contributed by atoms with Gasteiger partial charge in [-0.1, -0.05) is 18.2 Å². The van der Waals surface area contributed by atoms with Gasteiger partial charge in [-0.2, -0.15) is 5.10 Å². The minimum atomic E-state index is -0.531. The molecule has 0 spiro atoms. The standard InChI is InChI=1S/C12H13BrFN3/c1-7-4-3-5-8(10(7)14)11(15)12-9(13)6-16-17(12)2/h3-6,11H,15H2,1-2H3. The Labute approximate surface area is 108 Å². The predicted octanol–water partition coefficient (Wildman–Crippen LogP) is 2.68. The van der Waals surface area contributed by atoms with Crippen LogP contribution in [-0.4, -0.2) is 9.78 Å². The molecule has 1 heterocycles. The topological polar surface area (TPSA) is 43.8 Å². The number of nitrogens with two attached hydrogens (primary N) is 1. The Morgan fingerprint density at radius 1 is 1.47 bits per heavy atom. The third-order valence-corrected chi connectivity index (χ3v) is 3.40. The van der Waals surface area contributed by atoms with Crippen LogP contribution in [0.5, 0.6) is 0 Å². The first-order valence-electron chi connectivity index (χ1n) is 5.20. The quantitative estimate of drug-likeness (QED) is 0.926. The molecule has 1 unspecified atom stereocenters. The van der Waals surface area contributed by atoms with Crippen LogP contribution in [0, 0.1) is 12.7 Å². The van der Waals surface area contributed by atoms with Gasteiger partial charge in [-0.15, -0.1) is 0 Å². The lowest BCUT2D eigenvalue weighted by atomic mass is 10.0. The Morgan fingerprint density at radius 2 is 2.18 bits per heavy atom. The van der Waals surface area contributed by atoms with Gasteiger partial charge in [0, 0.05) is 12.6 Å². The first-order chi connectivity index (χ1) is 8.02. The van der Waals surface area contributed by atoms with Gasteiger partial charge in [0.15, 0.2) is 0 Å². The molecule has 1 aromatic carbocycles. The van der Waals surface area contributed by atoms with Crippen LogP contribution in [0.4, 0.5) is 4.39 Å². The molecule has 0 saturated carbocycles. The van der Waals surface area contributed by atoms with E-state index in [1.807, 2.05) is 0 Å². The van der Waals surface area contributed by atoms with E-state index in [-0.39, 0.29) is 5.82 Å². The number of halogens is 2. The van der Waals surface area contributed by atoms with E-state index in [1.54, 1.807) is 43.0 Å². The molecule has 2 rings (SSSR count). The summed E-state index contributed by atoms with van der Waals surface area (Å²) in [7, 11) is 1.79. The fourth-order valence-corrected chi connectivity index (χ4v) is 2.42. The van der Waals surface area contributed by atoms with E-state index >= 15 is 0 Å². The van der Waals surface area contributed by atoms with Crippen molar-refractivity contribution in [2.75, 3.05) is 0 Å². The number of nitrogens with zero attached hydrogens (tertiary/aromatic N) is 2. The van der Waals surface area contributed by atoms with Crippen molar-refractivity contribution in [3.05, 3.63) is 51.5 Å². The maximum atomic E-state index is 14.0. The van der Waals surface area contributed by atoms with Crippen molar-refractivity contribution < 1.29 is 4.39 Å². The highest BCUT2D eigenvalue weighted by molar-refractivity contribution is 9.10. The van der Waals surface area contributed by atoms with Gasteiger partial charge in [0.25, 0.3) is 0 Å². The van der Waals surface area contributed by atoms with Gasteiger partial charge in [-0.3, -0.25) is 4.68 Å². The average molecular weight is 298 g/mol. The third-order valence-electron chi connectivity index (χ3n) is 2.79. The second-order valence-electron chi connectivity index (χ2n) is 3.96. The third kappa shape index (κ3) is 2.12. The second kappa shape index (κ2) is 4.58. The van der Waals surface area contributed by atoms with Gasteiger partial charge in [-0.05, 0) is 28.4 Å². The molecule has 1 atom stereocenters. The average Bonchev–Trinajstić information content (AvgIpc) is 2.62. The van der Waals surface area contributed by atoms with Gasteiger partial charge in [0.1, 0.15) is 5.82 Å². The Hall–Kier alpha value is -1.20. The molecule has 17 heavy (non-hydrogen) atoms. The first-order valence-corrected chi connectivity index (χ1v) is 5.99. The summed E-state index contributed by atoms with van der Waals surface area (Å²) in [6.45, 7) is 1.73. The predicted molar refractivity (Wildman–Crippen MR) is 68.1 cm³/mol. The number of rotatable bonds is 2. The van der Waals surface area contributed by atoms with Crippen molar-refractivity contribution in [2.24, 2.45) is 12.8 Å². The van der Waals surface area contributed by atoms with Crippen molar-refractivity contribution in [3.63, 3.8) is 0 Å². The van der Waals surface area contributed by atoms with E-state index in [0.717, 1.165) is 10.2 Å². The van der Waals surface area contributed by atoms with E-state index in [4.69, 9.17) is 5.73 Å². The molecule has 0 radical (unpaired) electrons. The summed E-state index contributed by atoms with van der Waals surface area (Å²) in [5.41, 5.74) is 7.93. The summed E-state index contributed by atoms with van der Waals surface area (Å²) in [6.07, 6.45) is 1.66. The van der Waals surface area contributed by atoms with E-state index in [0.29, 0.717) is 11.1 Å². The molecule has 1 aromatic heterocycles. The molecule has 0 amide bonds. The Bertz CT molecular complexity index is 531. The molecular weight excluding hydrogens is 285 g/mol. The van der Waals surface area contributed by atoms with Gasteiger partial charge >= 0.3 is 0 Å². The highest BCUT2D eigenvalue weighted by Crippen LogP contribution is 2.28. The Morgan fingerprint density at radius 3 is 2.76 bits per heavy atom. The fourth-order valence-electron chi connectivity index (χ4n) is 1.83. The molecule has 2 aromatic rings. The molecule has 0 aliphatic rings. The molecule has 5 heteroatoms. The van der Waals surface area contributed by atoms with Crippen LogP contribution in [0.2, 0.25) is 0 Å². The molecule has 3 nitrogen and oxygen atoms in total. The summed E-state index contributed by atoms with van der Waals surface area (Å²) in [4.78, 5) is 0.